The van der Waals surface area contributed by atoms with E-state index < -0.39 is 23.8 Å². The zero-order valence-corrected chi connectivity index (χ0v) is 10.9. The van der Waals surface area contributed by atoms with Gasteiger partial charge >= 0.3 is 5.97 Å². The van der Waals surface area contributed by atoms with Crippen LogP contribution in [0.2, 0.25) is 0 Å². The van der Waals surface area contributed by atoms with Crippen molar-refractivity contribution in [1.82, 2.24) is 5.32 Å². The number of morpholine rings is 1. The van der Waals surface area contributed by atoms with E-state index in [0.717, 1.165) is 12.1 Å². The highest BCUT2D eigenvalue weighted by Crippen LogP contribution is 2.19. The third kappa shape index (κ3) is 3.31. The molecule has 1 fully saturated rings. The fourth-order valence-electron chi connectivity index (χ4n) is 1.85. The van der Waals surface area contributed by atoms with Gasteiger partial charge in [-0.25, -0.2) is 9.18 Å². The van der Waals surface area contributed by atoms with E-state index in [-0.39, 0.29) is 11.3 Å². The zero-order valence-electron chi connectivity index (χ0n) is 10.9. The van der Waals surface area contributed by atoms with Gasteiger partial charge in [0.05, 0.1) is 25.0 Å². The third-order valence-corrected chi connectivity index (χ3v) is 2.86. The first kappa shape index (κ1) is 14.4. The Bertz CT molecular complexity index is 515. The summed E-state index contributed by atoms with van der Waals surface area (Å²) in [6.45, 7) is 1.47. The number of ether oxygens (including phenoxy) is 2. The number of amides is 1. The summed E-state index contributed by atoms with van der Waals surface area (Å²) in [5.74, 6) is -1.65. The number of hydrogen-bond donors (Lipinski definition) is 2. The van der Waals surface area contributed by atoms with Gasteiger partial charge in [-0.3, -0.25) is 4.79 Å². The molecular formula is C13H15FN2O4. The van der Waals surface area contributed by atoms with Crippen molar-refractivity contribution < 1.29 is 23.5 Å². The average molecular weight is 282 g/mol. The van der Waals surface area contributed by atoms with Gasteiger partial charge in [0.25, 0.3) is 5.91 Å². The number of rotatable bonds is 3. The molecule has 0 aliphatic carbocycles. The Kier molecular flexibility index (Phi) is 4.65. The summed E-state index contributed by atoms with van der Waals surface area (Å²) in [5, 5.41) is 5.50. The lowest BCUT2D eigenvalue weighted by Gasteiger charge is -2.23. The summed E-state index contributed by atoms with van der Waals surface area (Å²) < 4.78 is 23.1. The quantitative estimate of drug-likeness (QED) is 0.791. The predicted molar refractivity (Wildman–Crippen MR) is 69.0 cm³/mol. The maximum Gasteiger partial charge on any atom is 0.339 e. The van der Waals surface area contributed by atoms with E-state index in [1.807, 2.05) is 0 Å². The lowest BCUT2D eigenvalue weighted by molar-refractivity contribution is -0.128. The van der Waals surface area contributed by atoms with Crippen molar-refractivity contribution in [3.05, 3.63) is 29.6 Å². The molecule has 1 atom stereocenters. The van der Waals surface area contributed by atoms with Crippen molar-refractivity contribution >= 4 is 17.6 Å². The Morgan fingerprint density at radius 3 is 2.95 bits per heavy atom. The molecule has 1 aromatic rings. The Labute approximate surface area is 115 Å². The van der Waals surface area contributed by atoms with E-state index in [1.54, 1.807) is 0 Å². The lowest BCUT2D eigenvalue weighted by Crippen LogP contribution is -2.45. The van der Waals surface area contributed by atoms with Crippen molar-refractivity contribution in [2.24, 2.45) is 0 Å². The van der Waals surface area contributed by atoms with Gasteiger partial charge in [0.1, 0.15) is 11.9 Å². The average Bonchev–Trinajstić information content (AvgIpc) is 2.47. The standard InChI is InChI=1S/C13H15FN2O4/c1-19-13(18)9-3-2-8(14)6-10(9)16-12(17)11-7-15-4-5-20-11/h2-3,6,11,15H,4-5,7H2,1H3,(H,16,17). The molecule has 0 spiro atoms. The molecule has 7 heteroatoms. The molecule has 6 nitrogen and oxygen atoms in total. The van der Waals surface area contributed by atoms with E-state index in [9.17, 15) is 14.0 Å². The van der Waals surface area contributed by atoms with Gasteiger partial charge in [-0.2, -0.15) is 0 Å². The number of esters is 1. The Morgan fingerprint density at radius 1 is 1.50 bits per heavy atom. The van der Waals surface area contributed by atoms with Crippen LogP contribution >= 0.6 is 0 Å². The first-order valence-electron chi connectivity index (χ1n) is 6.13. The normalized spacial score (nSPS) is 18.4. The second kappa shape index (κ2) is 6.44. The Hall–Kier alpha value is -1.99. The van der Waals surface area contributed by atoms with Crippen molar-refractivity contribution in [2.45, 2.75) is 6.10 Å². The van der Waals surface area contributed by atoms with E-state index in [1.165, 1.54) is 13.2 Å². The topological polar surface area (TPSA) is 76.7 Å². The second-order valence-corrected chi connectivity index (χ2v) is 4.23. The molecule has 108 valence electrons. The highest BCUT2D eigenvalue weighted by atomic mass is 19.1. The molecule has 2 N–H and O–H groups in total. The number of carbonyl (C=O) groups is 2. The molecule has 0 saturated carbocycles. The van der Waals surface area contributed by atoms with Gasteiger partial charge in [-0.05, 0) is 18.2 Å². The first-order chi connectivity index (χ1) is 9.61. The van der Waals surface area contributed by atoms with Gasteiger partial charge in [0, 0.05) is 13.1 Å². The van der Waals surface area contributed by atoms with Gasteiger partial charge < -0.3 is 20.1 Å². The maximum atomic E-state index is 13.3. The molecule has 1 unspecified atom stereocenters. The second-order valence-electron chi connectivity index (χ2n) is 4.23. The first-order valence-corrected chi connectivity index (χ1v) is 6.13. The number of nitrogens with one attached hydrogen (secondary N) is 2. The summed E-state index contributed by atoms with van der Waals surface area (Å²) >= 11 is 0. The van der Waals surface area contributed by atoms with E-state index in [4.69, 9.17) is 4.74 Å². The van der Waals surface area contributed by atoms with E-state index in [0.29, 0.717) is 19.7 Å². The maximum absolute atomic E-state index is 13.3. The summed E-state index contributed by atoms with van der Waals surface area (Å²) in [7, 11) is 1.21. The van der Waals surface area contributed by atoms with Gasteiger partial charge in [0.2, 0.25) is 0 Å². The van der Waals surface area contributed by atoms with Gasteiger partial charge in [-0.15, -0.1) is 0 Å². The molecular weight excluding hydrogens is 267 g/mol. The highest BCUT2D eigenvalue weighted by molar-refractivity contribution is 6.02. The summed E-state index contributed by atoms with van der Waals surface area (Å²) in [6.07, 6.45) is -0.669. The Morgan fingerprint density at radius 2 is 2.30 bits per heavy atom. The minimum Gasteiger partial charge on any atom is -0.465 e. The van der Waals surface area contributed by atoms with Crippen LogP contribution in [-0.2, 0) is 14.3 Å². The largest absolute Gasteiger partial charge is 0.465 e. The molecule has 1 aromatic carbocycles. The number of hydrogen-bond acceptors (Lipinski definition) is 5. The Balaban J connectivity index is 2.16. The number of anilines is 1. The molecule has 0 radical (unpaired) electrons. The molecule has 1 heterocycles. The fraction of sp³-hybridized carbons (Fsp3) is 0.385. The molecule has 1 saturated heterocycles. The van der Waals surface area contributed by atoms with E-state index >= 15 is 0 Å². The number of benzene rings is 1. The monoisotopic (exact) mass is 282 g/mol. The minimum absolute atomic E-state index is 0.0658. The molecule has 1 aliphatic heterocycles. The molecule has 20 heavy (non-hydrogen) atoms. The van der Waals surface area contributed by atoms with Crippen molar-refractivity contribution in [3.63, 3.8) is 0 Å². The van der Waals surface area contributed by atoms with Crippen LogP contribution in [-0.4, -0.2) is 44.8 Å². The van der Waals surface area contributed by atoms with Crippen LogP contribution < -0.4 is 10.6 Å². The van der Waals surface area contributed by atoms with Crippen LogP contribution in [0.3, 0.4) is 0 Å². The van der Waals surface area contributed by atoms with Gasteiger partial charge in [-0.1, -0.05) is 0 Å². The minimum atomic E-state index is -0.669. The van der Waals surface area contributed by atoms with Crippen LogP contribution in [0.1, 0.15) is 10.4 Å². The van der Waals surface area contributed by atoms with Crippen molar-refractivity contribution in [2.75, 3.05) is 32.1 Å². The predicted octanol–water partition coefficient (Wildman–Crippen LogP) is 0.539. The number of halogens is 1. The van der Waals surface area contributed by atoms with E-state index in [2.05, 4.69) is 15.4 Å². The molecule has 1 aliphatic rings. The van der Waals surface area contributed by atoms with Crippen molar-refractivity contribution in [1.29, 1.82) is 0 Å². The summed E-state index contributed by atoms with van der Waals surface area (Å²) in [4.78, 5) is 23.6. The summed E-state index contributed by atoms with van der Waals surface area (Å²) in [5.41, 5.74) is 0.155. The highest BCUT2D eigenvalue weighted by Gasteiger charge is 2.23. The van der Waals surface area contributed by atoms with Crippen LogP contribution in [0.5, 0.6) is 0 Å². The van der Waals surface area contributed by atoms with Gasteiger partial charge in [0.15, 0.2) is 0 Å². The number of carbonyl (C=O) groups excluding carboxylic acids is 2. The summed E-state index contributed by atoms with van der Waals surface area (Å²) in [6, 6.07) is 3.46. The molecule has 0 bridgehead atoms. The molecule has 1 amide bonds. The van der Waals surface area contributed by atoms with Crippen LogP contribution in [0.15, 0.2) is 18.2 Å². The van der Waals surface area contributed by atoms with Crippen molar-refractivity contribution in [3.8, 4) is 0 Å². The third-order valence-electron chi connectivity index (χ3n) is 2.86. The molecule has 0 aromatic heterocycles. The van der Waals surface area contributed by atoms with Crippen LogP contribution in [0.25, 0.3) is 0 Å². The number of methoxy groups -OCH3 is 1. The lowest BCUT2D eigenvalue weighted by atomic mass is 10.1. The molecule has 2 rings (SSSR count). The zero-order chi connectivity index (χ0) is 14.5. The fourth-order valence-corrected chi connectivity index (χ4v) is 1.85. The van der Waals surface area contributed by atoms with Crippen LogP contribution in [0, 0.1) is 5.82 Å². The SMILES string of the molecule is COC(=O)c1ccc(F)cc1NC(=O)C1CNCCO1. The van der Waals surface area contributed by atoms with Crippen LogP contribution in [0.4, 0.5) is 10.1 Å². The smallest absolute Gasteiger partial charge is 0.339 e.